The first-order valence-electron chi connectivity index (χ1n) is 10.4. The SMILES string of the molecule is CCOc1ccccc1N1C(=O)C(Cl)=C(Nc2ccc(C(=O)Oc3ccc(Cl)c(O)c3)cc2)C1=O. The lowest BCUT2D eigenvalue weighted by Crippen LogP contribution is -2.32. The Balaban J connectivity index is 1.49. The van der Waals surface area contributed by atoms with E-state index in [9.17, 15) is 19.5 Å². The van der Waals surface area contributed by atoms with Crippen molar-refractivity contribution in [1.82, 2.24) is 0 Å². The number of phenols is 1. The Hall–Kier alpha value is -4.01. The molecule has 10 heteroatoms. The predicted octanol–water partition coefficient (Wildman–Crippen LogP) is 5.10. The third kappa shape index (κ3) is 4.94. The molecule has 0 aliphatic carbocycles. The van der Waals surface area contributed by atoms with Crippen LogP contribution in [0.5, 0.6) is 17.2 Å². The van der Waals surface area contributed by atoms with Crippen LogP contribution in [0.2, 0.25) is 5.02 Å². The number of amides is 2. The van der Waals surface area contributed by atoms with E-state index in [0.29, 0.717) is 18.0 Å². The van der Waals surface area contributed by atoms with Crippen LogP contribution in [0.1, 0.15) is 17.3 Å². The molecule has 1 aliphatic rings. The van der Waals surface area contributed by atoms with E-state index in [4.69, 9.17) is 32.7 Å². The number of carbonyl (C=O) groups is 3. The van der Waals surface area contributed by atoms with Crippen molar-refractivity contribution in [3.05, 3.63) is 88.0 Å². The Morgan fingerprint density at radius 1 is 1.00 bits per heavy atom. The number of ether oxygens (including phenoxy) is 2. The number of benzene rings is 3. The summed E-state index contributed by atoms with van der Waals surface area (Å²) in [7, 11) is 0. The number of anilines is 2. The quantitative estimate of drug-likeness (QED) is 0.257. The molecule has 1 heterocycles. The molecule has 0 bridgehead atoms. The van der Waals surface area contributed by atoms with Crippen LogP contribution in [-0.2, 0) is 9.59 Å². The fourth-order valence-corrected chi connectivity index (χ4v) is 3.64. The number of para-hydroxylation sites is 2. The molecular weight excluding hydrogens is 495 g/mol. The normalized spacial score (nSPS) is 13.3. The highest BCUT2D eigenvalue weighted by molar-refractivity contribution is 6.53. The molecule has 8 nitrogen and oxygen atoms in total. The molecule has 1 aliphatic heterocycles. The number of rotatable bonds is 7. The number of esters is 1. The minimum absolute atomic E-state index is 0.102. The minimum atomic E-state index is -0.683. The summed E-state index contributed by atoms with van der Waals surface area (Å²) in [4.78, 5) is 39.2. The number of hydrogen-bond donors (Lipinski definition) is 2. The van der Waals surface area contributed by atoms with Crippen LogP contribution < -0.4 is 19.7 Å². The molecule has 0 atom stereocenters. The van der Waals surface area contributed by atoms with Crippen molar-refractivity contribution < 1.29 is 29.0 Å². The van der Waals surface area contributed by atoms with Crippen LogP contribution in [0, 0.1) is 0 Å². The van der Waals surface area contributed by atoms with E-state index in [1.807, 2.05) is 0 Å². The van der Waals surface area contributed by atoms with Gasteiger partial charge in [0, 0.05) is 11.8 Å². The molecule has 0 saturated carbocycles. The van der Waals surface area contributed by atoms with Gasteiger partial charge in [-0.2, -0.15) is 0 Å². The first-order chi connectivity index (χ1) is 16.8. The molecule has 3 aromatic carbocycles. The molecule has 0 fully saturated rings. The van der Waals surface area contributed by atoms with Gasteiger partial charge < -0.3 is 19.9 Å². The van der Waals surface area contributed by atoms with Crippen molar-refractivity contribution in [2.75, 3.05) is 16.8 Å². The Kier molecular flexibility index (Phi) is 6.95. The molecule has 178 valence electrons. The van der Waals surface area contributed by atoms with E-state index in [1.165, 1.54) is 42.5 Å². The van der Waals surface area contributed by atoms with Crippen LogP contribution >= 0.6 is 23.2 Å². The first-order valence-corrected chi connectivity index (χ1v) is 11.1. The second kappa shape index (κ2) is 10.1. The second-order valence-corrected chi connectivity index (χ2v) is 8.03. The lowest BCUT2D eigenvalue weighted by molar-refractivity contribution is -0.120. The number of nitrogens with zero attached hydrogens (tertiary/aromatic N) is 1. The standard InChI is InChI=1S/C25H18Cl2N2O6/c1-2-34-20-6-4-3-5-18(20)29-23(31)21(27)22(24(29)32)28-15-9-7-14(8-10-15)25(33)35-16-11-12-17(26)19(30)13-16/h3-13,28,30H,2H2,1H3. The van der Waals surface area contributed by atoms with E-state index in [-0.39, 0.29) is 38.5 Å². The Bertz CT molecular complexity index is 1350. The van der Waals surface area contributed by atoms with Crippen molar-refractivity contribution >= 4 is 52.4 Å². The van der Waals surface area contributed by atoms with Crippen molar-refractivity contribution in [2.45, 2.75) is 6.92 Å². The summed E-state index contributed by atoms with van der Waals surface area (Å²) in [6.45, 7) is 2.15. The van der Waals surface area contributed by atoms with E-state index >= 15 is 0 Å². The summed E-state index contributed by atoms with van der Waals surface area (Å²) in [5, 5.41) is 12.4. The maximum Gasteiger partial charge on any atom is 0.343 e. The monoisotopic (exact) mass is 512 g/mol. The average molecular weight is 513 g/mol. The topological polar surface area (TPSA) is 105 Å². The van der Waals surface area contributed by atoms with Crippen LogP contribution in [0.25, 0.3) is 0 Å². The fourth-order valence-electron chi connectivity index (χ4n) is 3.31. The predicted molar refractivity (Wildman–Crippen MR) is 131 cm³/mol. The van der Waals surface area contributed by atoms with Crippen molar-refractivity contribution in [1.29, 1.82) is 0 Å². The maximum absolute atomic E-state index is 13.1. The number of aromatic hydroxyl groups is 1. The number of halogens is 2. The zero-order valence-electron chi connectivity index (χ0n) is 18.2. The van der Waals surface area contributed by atoms with Gasteiger partial charge in [0.15, 0.2) is 0 Å². The number of phenolic OH excluding ortho intramolecular Hbond substituents is 1. The summed E-state index contributed by atoms with van der Waals surface area (Å²) in [5.74, 6) is -1.70. The lowest BCUT2D eigenvalue weighted by atomic mass is 10.2. The van der Waals surface area contributed by atoms with E-state index in [1.54, 1.807) is 31.2 Å². The molecule has 2 amide bonds. The van der Waals surface area contributed by atoms with Gasteiger partial charge >= 0.3 is 5.97 Å². The van der Waals surface area contributed by atoms with Crippen LogP contribution in [0.15, 0.2) is 77.5 Å². The van der Waals surface area contributed by atoms with E-state index < -0.39 is 17.8 Å². The summed E-state index contributed by atoms with van der Waals surface area (Å²) >= 11 is 12.0. The number of imide groups is 1. The second-order valence-electron chi connectivity index (χ2n) is 7.24. The summed E-state index contributed by atoms with van der Waals surface area (Å²) in [5.41, 5.74) is 0.812. The van der Waals surface area contributed by atoms with E-state index in [0.717, 1.165) is 4.90 Å². The average Bonchev–Trinajstić information content (AvgIpc) is 3.05. The van der Waals surface area contributed by atoms with Gasteiger partial charge in [0.05, 0.1) is 22.9 Å². The van der Waals surface area contributed by atoms with Gasteiger partial charge in [-0.3, -0.25) is 9.59 Å². The van der Waals surface area contributed by atoms with Gasteiger partial charge in [-0.25, -0.2) is 9.69 Å². The zero-order chi connectivity index (χ0) is 25.1. The van der Waals surface area contributed by atoms with Crippen molar-refractivity contribution in [3.8, 4) is 17.2 Å². The molecule has 0 saturated heterocycles. The van der Waals surface area contributed by atoms with Gasteiger partial charge in [-0.05, 0) is 55.5 Å². The van der Waals surface area contributed by atoms with Gasteiger partial charge in [0.25, 0.3) is 11.8 Å². The largest absolute Gasteiger partial charge is 0.506 e. The third-order valence-corrected chi connectivity index (χ3v) is 5.62. The first kappa shape index (κ1) is 24.1. The van der Waals surface area contributed by atoms with E-state index in [2.05, 4.69) is 5.32 Å². The van der Waals surface area contributed by atoms with Crippen molar-refractivity contribution in [3.63, 3.8) is 0 Å². The molecule has 3 aromatic rings. The molecule has 0 unspecified atom stereocenters. The lowest BCUT2D eigenvalue weighted by Gasteiger charge is -2.18. The van der Waals surface area contributed by atoms with Crippen LogP contribution in [0.3, 0.4) is 0 Å². The fraction of sp³-hybridized carbons (Fsp3) is 0.0800. The van der Waals surface area contributed by atoms with Crippen LogP contribution in [0.4, 0.5) is 11.4 Å². The maximum atomic E-state index is 13.1. The summed E-state index contributed by atoms with van der Waals surface area (Å²) in [6.07, 6.45) is 0. The number of hydrogen-bond acceptors (Lipinski definition) is 7. The van der Waals surface area contributed by atoms with Gasteiger partial charge in [-0.1, -0.05) is 35.3 Å². The molecule has 35 heavy (non-hydrogen) atoms. The zero-order valence-corrected chi connectivity index (χ0v) is 19.8. The Labute approximate surface area is 210 Å². The highest BCUT2D eigenvalue weighted by Crippen LogP contribution is 2.35. The summed E-state index contributed by atoms with van der Waals surface area (Å²) in [6, 6.07) is 16.7. The van der Waals surface area contributed by atoms with Crippen molar-refractivity contribution in [2.24, 2.45) is 0 Å². The molecule has 0 aromatic heterocycles. The third-order valence-electron chi connectivity index (χ3n) is 4.95. The van der Waals surface area contributed by atoms with Gasteiger partial charge in [0.2, 0.25) is 0 Å². The van der Waals surface area contributed by atoms with Gasteiger partial charge in [0.1, 0.15) is 28.0 Å². The molecule has 0 spiro atoms. The molecule has 2 N–H and O–H groups in total. The molecule has 4 rings (SSSR count). The Morgan fingerprint density at radius 2 is 1.71 bits per heavy atom. The molecule has 0 radical (unpaired) electrons. The minimum Gasteiger partial charge on any atom is -0.506 e. The van der Waals surface area contributed by atoms with Crippen LogP contribution in [-0.4, -0.2) is 29.5 Å². The number of nitrogens with one attached hydrogen (secondary N) is 1. The summed E-state index contributed by atoms with van der Waals surface area (Å²) < 4.78 is 10.8. The Morgan fingerprint density at radius 3 is 2.40 bits per heavy atom. The molecular formula is C25H18Cl2N2O6. The number of carbonyl (C=O) groups excluding carboxylic acids is 3. The highest BCUT2D eigenvalue weighted by Gasteiger charge is 2.40. The highest BCUT2D eigenvalue weighted by atomic mass is 35.5. The smallest absolute Gasteiger partial charge is 0.343 e. The van der Waals surface area contributed by atoms with Gasteiger partial charge in [-0.15, -0.1) is 0 Å².